The lowest BCUT2D eigenvalue weighted by Gasteiger charge is -2.39. The quantitative estimate of drug-likeness (QED) is 0.678. The highest BCUT2D eigenvalue weighted by Crippen LogP contribution is 2.27. The van der Waals surface area contributed by atoms with E-state index in [2.05, 4.69) is 11.8 Å². The van der Waals surface area contributed by atoms with Crippen LogP contribution in [0.1, 0.15) is 28.8 Å². The number of carbonyl (C=O) groups excluding carboxylic acids is 2. The van der Waals surface area contributed by atoms with Crippen LogP contribution in [-0.2, 0) is 4.79 Å². The molecule has 164 valence electrons. The Morgan fingerprint density at radius 1 is 0.806 bits per heavy atom. The van der Waals surface area contributed by atoms with Crippen molar-refractivity contribution in [3.8, 4) is 0 Å². The van der Waals surface area contributed by atoms with E-state index in [9.17, 15) is 9.59 Å². The molecule has 4 rings (SSSR count). The zero-order valence-electron chi connectivity index (χ0n) is 17.7. The number of amides is 2. The molecular weight excluding hydrogens is 433 g/mol. The summed E-state index contributed by atoms with van der Waals surface area (Å²) in [5.74, 6) is 0.225. The second-order valence-corrected chi connectivity index (χ2v) is 9.19. The maximum atomic E-state index is 13.1. The van der Waals surface area contributed by atoms with Crippen LogP contribution in [0.2, 0.25) is 10.0 Å². The standard InChI is InChI=1S/C24H27Cl2N3O2/c1-17-2-5-21(26)16-22(17)27-12-14-29(15-13-27)24(31)19-8-10-28(11-9-19)23(30)18-3-6-20(25)7-4-18/h2-7,16,19H,8-15H2,1H3. The van der Waals surface area contributed by atoms with Gasteiger partial charge >= 0.3 is 0 Å². The number of benzene rings is 2. The van der Waals surface area contributed by atoms with Crippen LogP contribution < -0.4 is 4.90 Å². The number of aryl methyl sites for hydroxylation is 1. The molecule has 0 unspecified atom stereocenters. The molecule has 0 N–H and O–H groups in total. The third-order valence-electron chi connectivity index (χ3n) is 6.33. The number of hydrogen-bond donors (Lipinski definition) is 0. The molecule has 2 heterocycles. The number of anilines is 1. The van der Waals surface area contributed by atoms with E-state index in [-0.39, 0.29) is 17.7 Å². The predicted octanol–water partition coefficient (Wildman–Crippen LogP) is 4.50. The van der Waals surface area contributed by atoms with Crippen molar-refractivity contribution in [2.24, 2.45) is 5.92 Å². The third kappa shape index (κ3) is 4.99. The summed E-state index contributed by atoms with van der Waals surface area (Å²) < 4.78 is 0. The van der Waals surface area contributed by atoms with Gasteiger partial charge < -0.3 is 14.7 Å². The highest BCUT2D eigenvalue weighted by atomic mass is 35.5. The summed E-state index contributed by atoms with van der Waals surface area (Å²) in [6.07, 6.45) is 1.43. The zero-order valence-corrected chi connectivity index (χ0v) is 19.2. The van der Waals surface area contributed by atoms with Gasteiger partial charge in [-0.1, -0.05) is 29.3 Å². The zero-order chi connectivity index (χ0) is 22.0. The normalized spacial score (nSPS) is 17.7. The van der Waals surface area contributed by atoms with Crippen LogP contribution in [0.5, 0.6) is 0 Å². The number of likely N-dealkylation sites (tertiary alicyclic amines) is 1. The summed E-state index contributed by atoms with van der Waals surface area (Å²) in [7, 11) is 0. The van der Waals surface area contributed by atoms with Crippen molar-refractivity contribution in [2.45, 2.75) is 19.8 Å². The minimum absolute atomic E-state index is 0.00581. The Kier molecular flexibility index (Phi) is 6.73. The van der Waals surface area contributed by atoms with Gasteiger partial charge in [0.15, 0.2) is 0 Å². The molecule has 0 aromatic heterocycles. The van der Waals surface area contributed by atoms with E-state index in [1.165, 1.54) is 5.56 Å². The van der Waals surface area contributed by atoms with Crippen molar-refractivity contribution >= 4 is 40.7 Å². The molecule has 2 aromatic carbocycles. The Morgan fingerprint density at radius 2 is 1.42 bits per heavy atom. The molecule has 2 aliphatic rings. The van der Waals surface area contributed by atoms with E-state index < -0.39 is 0 Å². The third-order valence-corrected chi connectivity index (χ3v) is 6.81. The summed E-state index contributed by atoms with van der Waals surface area (Å²) in [5, 5.41) is 1.35. The maximum absolute atomic E-state index is 13.1. The second kappa shape index (κ2) is 9.49. The Balaban J connectivity index is 1.29. The fraction of sp³-hybridized carbons (Fsp3) is 0.417. The molecule has 0 saturated carbocycles. The van der Waals surface area contributed by atoms with E-state index >= 15 is 0 Å². The van der Waals surface area contributed by atoms with Crippen LogP contribution in [0.3, 0.4) is 0 Å². The van der Waals surface area contributed by atoms with Gasteiger partial charge in [0.25, 0.3) is 5.91 Å². The lowest BCUT2D eigenvalue weighted by atomic mass is 9.94. The van der Waals surface area contributed by atoms with Crippen molar-refractivity contribution in [2.75, 3.05) is 44.2 Å². The van der Waals surface area contributed by atoms with E-state index in [0.717, 1.165) is 23.8 Å². The molecule has 2 amide bonds. The molecule has 2 fully saturated rings. The van der Waals surface area contributed by atoms with Crippen molar-refractivity contribution in [1.29, 1.82) is 0 Å². The van der Waals surface area contributed by atoms with E-state index in [1.807, 2.05) is 28.0 Å². The Bertz CT molecular complexity index is 948. The Hall–Kier alpha value is -2.24. The molecule has 0 bridgehead atoms. The van der Waals surface area contributed by atoms with Crippen LogP contribution in [0.15, 0.2) is 42.5 Å². The van der Waals surface area contributed by atoms with E-state index in [1.54, 1.807) is 24.3 Å². The van der Waals surface area contributed by atoms with Gasteiger partial charge in [0.05, 0.1) is 0 Å². The monoisotopic (exact) mass is 459 g/mol. The van der Waals surface area contributed by atoms with Gasteiger partial charge in [-0.25, -0.2) is 0 Å². The number of halogens is 2. The summed E-state index contributed by atoms with van der Waals surface area (Å²) >= 11 is 12.1. The van der Waals surface area contributed by atoms with Crippen molar-refractivity contribution in [3.05, 3.63) is 63.6 Å². The van der Waals surface area contributed by atoms with Gasteiger partial charge in [0.1, 0.15) is 0 Å². The molecule has 0 aliphatic carbocycles. The van der Waals surface area contributed by atoms with Gasteiger partial charge in [0.2, 0.25) is 5.91 Å². The number of carbonyl (C=O) groups is 2. The smallest absolute Gasteiger partial charge is 0.253 e. The first-order chi connectivity index (χ1) is 14.9. The average molecular weight is 460 g/mol. The SMILES string of the molecule is Cc1ccc(Cl)cc1N1CCN(C(=O)C2CCN(C(=O)c3ccc(Cl)cc3)CC2)CC1. The highest BCUT2D eigenvalue weighted by Gasteiger charge is 2.32. The summed E-state index contributed by atoms with van der Waals surface area (Å²) in [5.41, 5.74) is 2.98. The first-order valence-corrected chi connectivity index (χ1v) is 11.5. The molecule has 2 aliphatic heterocycles. The lowest BCUT2D eigenvalue weighted by Crippen LogP contribution is -2.52. The van der Waals surface area contributed by atoms with Gasteiger partial charge in [-0.05, 0) is 61.7 Å². The number of hydrogen-bond acceptors (Lipinski definition) is 3. The molecule has 0 atom stereocenters. The summed E-state index contributed by atoms with van der Waals surface area (Å²) in [6, 6.07) is 12.9. The van der Waals surface area contributed by atoms with Crippen molar-refractivity contribution in [3.63, 3.8) is 0 Å². The lowest BCUT2D eigenvalue weighted by molar-refractivity contribution is -0.137. The molecule has 31 heavy (non-hydrogen) atoms. The number of nitrogens with zero attached hydrogens (tertiary/aromatic N) is 3. The van der Waals surface area contributed by atoms with Crippen LogP contribution in [0.25, 0.3) is 0 Å². The van der Waals surface area contributed by atoms with Gasteiger partial charge in [-0.2, -0.15) is 0 Å². The predicted molar refractivity (Wildman–Crippen MR) is 125 cm³/mol. The van der Waals surface area contributed by atoms with Crippen LogP contribution in [0.4, 0.5) is 5.69 Å². The summed E-state index contributed by atoms with van der Waals surface area (Å²) in [6.45, 7) is 6.35. The minimum atomic E-state index is -0.00581. The molecular formula is C24H27Cl2N3O2. The van der Waals surface area contributed by atoms with Crippen LogP contribution in [0, 0.1) is 12.8 Å². The second-order valence-electron chi connectivity index (χ2n) is 8.32. The van der Waals surface area contributed by atoms with Gasteiger partial charge in [-0.15, -0.1) is 0 Å². The fourth-order valence-electron chi connectivity index (χ4n) is 4.45. The Labute approximate surface area is 193 Å². The first-order valence-electron chi connectivity index (χ1n) is 10.8. The number of piperazine rings is 1. The molecule has 2 saturated heterocycles. The van der Waals surface area contributed by atoms with Crippen molar-refractivity contribution in [1.82, 2.24) is 9.80 Å². The first kappa shape index (κ1) is 22.0. The molecule has 0 radical (unpaired) electrons. The largest absolute Gasteiger partial charge is 0.368 e. The molecule has 5 nitrogen and oxygen atoms in total. The van der Waals surface area contributed by atoms with Gasteiger partial charge in [0, 0.05) is 66.5 Å². The molecule has 2 aromatic rings. The summed E-state index contributed by atoms with van der Waals surface area (Å²) in [4.78, 5) is 31.9. The number of piperidine rings is 1. The fourth-order valence-corrected chi connectivity index (χ4v) is 4.75. The topological polar surface area (TPSA) is 43.9 Å². The molecule has 7 heteroatoms. The van der Waals surface area contributed by atoms with E-state index in [0.29, 0.717) is 49.6 Å². The number of rotatable bonds is 3. The minimum Gasteiger partial charge on any atom is -0.368 e. The highest BCUT2D eigenvalue weighted by molar-refractivity contribution is 6.31. The van der Waals surface area contributed by atoms with Gasteiger partial charge in [-0.3, -0.25) is 9.59 Å². The van der Waals surface area contributed by atoms with Crippen LogP contribution >= 0.6 is 23.2 Å². The van der Waals surface area contributed by atoms with Crippen LogP contribution in [-0.4, -0.2) is 60.9 Å². The van der Waals surface area contributed by atoms with E-state index in [4.69, 9.17) is 23.2 Å². The molecule has 0 spiro atoms. The van der Waals surface area contributed by atoms with Crippen molar-refractivity contribution < 1.29 is 9.59 Å². The average Bonchev–Trinajstić information content (AvgIpc) is 2.80. The Morgan fingerprint density at radius 3 is 2.06 bits per heavy atom. The maximum Gasteiger partial charge on any atom is 0.253 e.